The summed E-state index contributed by atoms with van der Waals surface area (Å²) in [5.74, 6) is 1.77. The zero-order chi connectivity index (χ0) is 12.9. The first-order chi connectivity index (χ1) is 9.28. The van der Waals surface area contributed by atoms with Crippen molar-refractivity contribution in [1.82, 2.24) is 5.32 Å². The van der Waals surface area contributed by atoms with Gasteiger partial charge in [0.1, 0.15) is 0 Å². The van der Waals surface area contributed by atoms with Crippen molar-refractivity contribution in [3.8, 4) is 11.5 Å². The lowest BCUT2D eigenvalue weighted by Crippen LogP contribution is -2.46. The van der Waals surface area contributed by atoms with Crippen molar-refractivity contribution < 1.29 is 9.47 Å². The van der Waals surface area contributed by atoms with E-state index >= 15 is 0 Å². The summed E-state index contributed by atoms with van der Waals surface area (Å²) in [6, 6.07) is 6.88. The van der Waals surface area contributed by atoms with Crippen LogP contribution >= 0.6 is 11.8 Å². The molecule has 0 bridgehead atoms. The molecule has 4 rings (SSSR count). The van der Waals surface area contributed by atoms with E-state index in [0.717, 1.165) is 23.2 Å². The molecule has 1 saturated heterocycles. The van der Waals surface area contributed by atoms with E-state index in [9.17, 15) is 0 Å². The second-order valence-electron chi connectivity index (χ2n) is 5.83. The second kappa shape index (κ2) is 4.32. The smallest absolute Gasteiger partial charge is 0.231 e. The Hall–Kier alpha value is -0.870. The first kappa shape index (κ1) is 11.9. The molecule has 1 spiro atoms. The van der Waals surface area contributed by atoms with E-state index in [1.54, 1.807) is 0 Å². The average Bonchev–Trinajstić information content (AvgIpc) is 3.05. The van der Waals surface area contributed by atoms with Crippen molar-refractivity contribution >= 4 is 11.8 Å². The molecule has 2 aliphatic heterocycles. The van der Waals surface area contributed by atoms with Gasteiger partial charge in [0.15, 0.2) is 11.5 Å². The molecule has 2 atom stereocenters. The molecule has 2 heterocycles. The summed E-state index contributed by atoms with van der Waals surface area (Å²) in [6.07, 6.45) is 5.35. The lowest BCUT2D eigenvalue weighted by molar-refractivity contribution is 0.174. The third-order valence-corrected chi connectivity index (χ3v) is 6.37. The molecule has 102 valence electrons. The van der Waals surface area contributed by atoms with E-state index in [-0.39, 0.29) is 0 Å². The molecule has 3 nitrogen and oxygen atoms in total. The van der Waals surface area contributed by atoms with Gasteiger partial charge in [-0.05, 0) is 50.4 Å². The van der Waals surface area contributed by atoms with Gasteiger partial charge in [-0.3, -0.25) is 0 Å². The van der Waals surface area contributed by atoms with Crippen LogP contribution in [0.25, 0.3) is 0 Å². The predicted octanol–water partition coefficient (Wildman–Crippen LogP) is 2.58. The number of ether oxygens (including phenoxy) is 2. The molecule has 2 unspecified atom stereocenters. The predicted molar refractivity (Wildman–Crippen MR) is 77.1 cm³/mol. The van der Waals surface area contributed by atoms with E-state index in [1.165, 1.54) is 24.8 Å². The van der Waals surface area contributed by atoms with Crippen molar-refractivity contribution in [3.05, 3.63) is 23.8 Å². The fourth-order valence-corrected chi connectivity index (χ4v) is 4.86. The number of hydrogen-bond acceptors (Lipinski definition) is 4. The van der Waals surface area contributed by atoms with Crippen molar-refractivity contribution in [2.75, 3.05) is 13.8 Å². The highest BCUT2D eigenvalue weighted by molar-refractivity contribution is 8.03. The molecule has 4 heteroatoms. The lowest BCUT2D eigenvalue weighted by atomic mass is 9.98. The number of rotatable bonds is 4. The highest BCUT2D eigenvalue weighted by Gasteiger charge is 2.55. The summed E-state index contributed by atoms with van der Waals surface area (Å²) >= 11 is 2.20. The molecular formula is C15H19NO2S. The maximum absolute atomic E-state index is 5.45. The number of benzene rings is 1. The fourth-order valence-electron chi connectivity index (χ4n) is 3.11. The summed E-state index contributed by atoms with van der Waals surface area (Å²) in [6.45, 7) is 0.356. The van der Waals surface area contributed by atoms with Crippen LogP contribution in [0.5, 0.6) is 11.5 Å². The maximum atomic E-state index is 5.45. The summed E-state index contributed by atoms with van der Waals surface area (Å²) in [7, 11) is 2.08. The second-order valence-corrected chi connectivity index (χ2v) is 7.54. The topological polar surface area (TPSA) is 30.5 Å². The fraction of sp³-hybridized carbons (Fsp3) is 0.600. The van der Waals surface area contributed by atoms with Crippen LogP contribution < -0.4 is 14.8 Å². The van der Waals surface area contributed by atoms with E-state index in [4.69, 9.17) is 9.47 Å². The molecule has 1 aromatic carbocycles. The average molecular weight is 277 g/mol. The summed E-state index contributed by atoms with van der Waals surface area (Å²) in [4.78, 5) is 0. The minimum atomic E-state index is 0.356. The van der Waals surface area contributed by atoms with Crippen molar-refractivity contribution in [2.24, 2.45) is 0 Å². The molecule has 2 fully saturated rings. The monoisotopic (exact) mass is 277 g/mol. The van der Waals surface area contributed by atoms with Crippen molar-refractivity contribution in [2.45, 2.75) is 41.7 Å². The molecule has 1 aromatic rings. The molecule has 0 radical (unpaired) electrons. The van der Waals surface area contributed by atoms with E-state index < -0.39 is 0 Å². The molecule has 1 aliphatic carbocycles. The molecule has 0 amide bonds. The number of likely N-dealkylation sites (N-methyl/N-ethyl adjacent to an activating group) is 1. The Morgan fingerprint density at radius 3 is 2.89 bits per heavy atom. The largest absolute Gasteiger partial charge is 0.454 e. The van der Waals surface area contributed by atoms with E-state index in [2.05, 4.69) is 36.3 Å². The molecule has 1 N–H and O–H groups in total. The van der Waals surface area contributed by atoms with Gasteiger partial charge in [0.2, 0.25) is 6.79 Å². The SMILES string of the molecule is CNC(Cc1ccc2c(c1)OCO2)C1CC2(CC2)S1. The van der Waals surface area contributed by atoms with Crippen molar-refractivity contribution in [3.63, 3.8) is 0 Å². The standard InChI is InChI=1S/C15H19NO2S/c1-16-11(14-8-15(19-14)4-5-15)6-10-2-3-12-13(7-10)18-9-17-12/h2-3,7,11,14,16H,4-6,8-9H2,1H3. The normalized spacial score (nSPS) is 27.1. The van der Waals surface area contributed by atoms with Gasteiger partial charge >= 0.3 is 0 Å². The van der Waals surface area contributed by atoms with Gasteiger partial charge in [-0.1, -0.05) is 6.07 Å². The Bertz CT molecular complexity index is 493. The Morgan fingerprint density at radius 2 is 2.16 bits per heavy atom. The van der Waals surface area contributed by atoms with Gasteiger partial charge in [-0.15, -0.1) is 0 Å². The number of hydrogen-bond donors (Lipinski definition) is 1. The Balaban J connectivity index is 1.44. The Morgan fingerprint density at radius 1 is 1.37 bits per heavy atom. The zero-order valence-electron chi connectivity index (χ0n) is 11.1. The van der Waals surface area contributed by atoms with E-state index in [0.29, 0.717) is 17.6 Å². The lowest BCUT2D eigenvalue weighted by Gasteiger charge is -2.40. The molecule has 0 aromatic heterocycles. The Kier molecular flexibility index (Phi) is 2.71. The summed E-state index contributed by atoms with van der Waals surface area (Å²) < 4.78 is 11.5. The number of thioether (sulfide) groups is 1. The molecule has 3 aliphatic rings. The highest BCUT2D eigenvalue weighted by Crippen LogP contribution is 2.63. The van der Waals surface area contributed by atoms with Gasteiger partial charge in [-0.25, -0.2) is 0 Å². The van der Waals surface area contributed by atoms with Crippen LogP contribution in [0.3, 0.4) is 0 Å². The maximum Gasteiger partial charge on any atom is 0.231 e. The third-order valence-electron chi connectivity index (χ3n) is 4.49. The minimum Gasteiger partial charge on any atom is -0.454 e. The van der Waals surface area contributed by atoms with Crippen LogP contribution in [0.4, 0.5) is 0 Å². The van der Waals surface area contributed by atoms with Gasteiger partial charge in [0, 0.05) is 16.0 Å². The molecule has 1 saturated carbocycles. The van der Waals surface area contributed by atoms with Gasteiger partial charge in [0.05, 0.1) is 0 Å². The van der Waals surface area contributed by atoms with Gasteiger partial charge in [-0.2, -0.15) is 11.8 Å². The third kappa shape index (κ3) is 2.11. The summed E-state index contributed by atoms with van der Waals surface area (Å²) in [5.41, 5.74) is 1.33. The first-order valence-corrected chi connectivity index (χ1v) is 7.90. The van der Waals surface area contributed by atoms with Crippen LogP contribution in [0.1, 0.15) is 24.8 Å². The number of fused-ring (bicyclic) bond motifs is 1. The van der Waals surface area contributed by atoms with Crippen LogP contribution in [0.15, 0.2) is 18.2 Å². The number of nitrogens with one attached hydrogen (secondary N) is 1. The zero-order valence-corrected chi connectivity index (χ0v) is 12.0. The molecular weight excluding hydrogens is 258 g/mol. The first-order valence-electron chi connectivity index (χ1n) is 7.02. The van der Waals surface area contributed by atoms with Crippen LogP contribution in [0, 0.1) is 0 Å². The summed E-state index contributed by atoms with van der Waals surface area (Å²) in [5, 5.41) is 4.27. The molecule has 19 heavy (non-hydrogen) atoms. The van der Waals surface area contributed by atoms with Crippen LogP contribution in [-0.2, 0) is 6.42 Å². The van der Waals surface area contributed by atoms with Gasteiger partial charge < -0.3 is 14.8 Å². The van der Waals surface area contributed by atoms with Crippen LogP contribution in [0.2, 0.25) is 0 Å². The quantitative estimate of drug-likeness (QED) is 0.916. The Labute approximate surface area is 118 Å². The minimum absolute atomic E-state index is 0.356. The van der Waals surface area contributed by atoms with Crippen molar-refractivity contribution in [1.29, 1.82) is 0 Å². The van der Waals surface area contributed by atoms with E-state index in [1.807, 2.05) is 6.07 Å². The highest BCUT2D eigenvalue weighted by atomic mass is 32.2. The van der Waals surface area contributed by atoms with Crippen LogP contribution in [-0.4, -0.2) is 29.9 Å². The van der Waals surface area contributed by atoms with Gasteiger partial charge in [0.25, 0.3) is 0 Å².